The summed E-state index contributed by atoms with van der Waals surface area (Å²) in [5.41, 5.74) is -0.226. The highest BCUT2D eigenvalue weighted by molar-refractivity contribution is 5.99. The molecular weight excluding hydrogens is 265 g/mol. The summed E-state index contributed by atoms with van der Waals surface area (Å²) in [5.74, 6) is -1.84. The average molecular weight is 283 g/mol. The van der Waals surface area contributed by atoms with E-state index in [0.29, 0.717) is 6.54 Å². The van der Waals surface area contributed by atoms with Crippen molar-refractivity contribution in [3.63, 3.8) is 0 Å². The van der Waals surface area contributed by atoms with Gasteiger partial charge in [-0.15, -0.1) is 0 Å². The minimum absolute atomic E-state index is 0.0679. The van der Waals surface area contributed by atoms with Crippen LogP contribution in [0.5, 0.6) is 0 Å². The van der Waals surface area contributed by atoms with Gasteiger partial charge in [0.25, 0.3) is 0 Å². The lowest BCUT2D eigenvalue weighted by Crippen LogP contribution is -2.31. The molecule has 0 aromatic heterocycles. The Kier molecular flexibility index (Phi) is 6.45. The largest absolute Gasteiger partial charge is 0.478 e. The van der Waals surface area contributed by atoms with Crippen LogP contribution in [0.4, 0.5) is 14.9 Å². The van der Waals surface area contributed by atoms with E-state index in [1.165, 1.54) is 0 Å². The Hall–Kier alpha value is -2.15. The Morgan fingerprint density at radius 1 is 1.30 bits per heavy atom. The van der Waals surface area contributed by atoms with Gasteiger partial charge < -0.3 is 21.1 Å². The van der Waals surface area contributed by atoms with Gasteiger partial charge in [-0.05, 0) is 37.7 Å². The van der Waals surface area contributed by atoms with Crippen LogP contribution in [0.3, 0.4) is 0 Å². The number of anilines is 1. The Bertz CT molecular complexity index is 480. The van der Waals surface area contributed by atoms with Gasteiger partial charge in [0.1, 0.15) is 5.82 Å². The molecule has 20 heavy (non-hydrogen) atoms. The number of carboxylic acid groups (broad SMARTS) is 1. The van der Waals surface area contributed by atoms with Gasteiger partial charge in [0.15, 0.2) is 0 Å². The molecule has 0 spiro atoms. The van der Waals surface area contributed by atoms with Crippen molar-refractivity contribution in [3.05, 3.63) is 29.6 Å². The number of rotatable bonds is 7. The van der Waals surface area contributed by atoms with Gasteiger partial charge in [-0.1, -0.05) is 6.92 Å². The molecule has 0 atom stereocenters. The number of nitrogens with one attached hydrogen (secondary N) is 3. The molecule has 1 aromatic rings. The summed E-state index contributed by atoms with van der Waals surface area (Å²) >= 11 is 0. The molecule has 2 amide bonds. The van der Waals surface area contributed by atoms with E-state index in [1.807, 2.05) is 6.92 Å². The van der Waals surface area contributed by atoms with E-state index in [4.69, 9.17) is 5.11 Å². The number of hydrogen-bond acceptors (Lipinski definition) is 3. The van der Waals surface area contributed by atoms with E-state index in [1.54, 1.807) is 0 Å². The molecule has 0 bridgehead atoms. The zero-order valence-electron chi connectivity index (χ0n) is 11.2. The first-order chi connectivity index (χ1) is 9.54. The van der Waals surface area contributed by atoms with E-state index in [2.05, 4.69) is 16.0 Å². The van der Waals surface area contributed by atoms with Crippen LogP contribution in [0.15, 0.2) is 18.2 Å². The molecule has 0 aliphatic heterocycles. The number of carboxylic acids is 1. The van der Waals surface area contributed by atoms with Crippen LogP contribution in [0.25, 0.3) is 0 Å². The predicted octanol–water partition coefficient (Wildman–Crippen LogP) is 1.65. The Labute approximate surface area is 116 Å². The number of halogens is 1. The highest BCUT2D eigenvalue weighted by Crippen LogP contribution is 2.17. The van der Waals surface area contributed by atoms with Crippen LogP contribution in [0.1, 0.15) is 23.7 Å². The molecule has 110 valence electrons. The molecule has 1 aromatic carbocycles. The third kappa shape index (κ3) is 5.23. The fourth-order valence-electron chi connectivity index (χ4n) is 1.56. The third-order valence-electron chi connectivity index (χ3n) is 2.53. The second-order valence-electron chi connectivity index (χ2n) is 4.08. The predicted molar refractivity (Wildman–Crippen MR) is 73.5 cm³/mol. The SMILES string of the molecule is CCNCCCNC(=O)Nc1cc(F)ccc1C(=O)O. The fourth-order valence-corrected chi connectivity index (χ4v) is 1.56. The van der Waals surface area contributed by atoms with Crippen LogP contribution in [0, 0.1) is 5.82 Å². The van der Waals surface area contributed by atoms with Crippen LogP contribution in [-0.2, 0) is 0 Å². The van der Waals surface area contributed by atoms with Gasteiger partial charge in [-0.3, -0.25) is 0 Å². The molecule has 0 aliphatic carbocycles. The normalized spacial score (nSPS) is 10.1. The lowest BCUT2D eigenvalue weighted by atomic mass is 10.2. The molecule has 0 aliphatic rings. The molecule has 0 saturated carbocycles. The molecule has 0 radical (unpaired) electrons. The first kappa shape index (κ1) is 15.9. The van der Waals surface area contributed by atoms with E-state index < -0.39 is 17.8 Å². The zero-order chi connectivity index (χ0) is 15.0. The van der Waals surface area contributed by atoms with E-state index in [9.17, 15) is 14.0 Å². The summed E-state index contributed by atoms with van der Waals surface area (Å²) in [6.45, 7) is 4.06. The van der Waals surface area contributed by atoms with Crippen molar-refractivity contribution in [1.29, 1.82) is 0 Å². The number of benzene rings is 1. The quantitative estimate of drug-likeness (QED) is 0.573. The lowest BCUT2D eigenvalue weighted by molar-refractivity contribution is 0.0698. The number of amides is 2. The van der Waals surface area contributed by atoms with Gasteiger partial charge in [0, 0.05) is 6.54 Å². The van der Waals surface area contributed by atoms with Gasteiger partial charge >= 0.3 is 12.0 Å². The number of carbonyl (C=O) groups excluding carboxylic acids is 1. The highest BCUT2D eigenvalue weighted by Gasteiger charge is 2.13. The number of carbonyl (C=O) groups is 2. The Morgan fingerprint density at radius 3 is 2.70 bits per heavy atom. The van der Waals surface area contributed by atoms with Crippen molar-refractivity contribution in [3.8, 4) is 0 Å². The van der Waals surface area contributed by atoms with E-state index >= 15 is 0 Å². The monoisotopic (exact) mass is 283 g/mol. The van der Waals surface area contributed by atoms with Crippen molar-refractivity contribution in [2.75, 3.05) is 25.0 Å². The maximum atomic E-state index is 13.1. The number of hydrogen-bond donors (Lipinski definition) is 4. The molecule has 1 rings (SSSR count). The summed E-state index contributed by atoms with van der Waals surface area (Å²) in [7, 11) is 0. The number of aromatic carboxylic acids is 1. The zero-order valence-corrected chi connectivity index (χ0v) is 11.2. The van der Waals surface area contributed by atoms with E-state index in [-0.39, 0.29) is 11.3 Å². The number of urea groups is 1. The molecule has 0 unspecified atom stereocenters. The summed E-state index contributed by atoms with van der Waals surface area (Å²) < 4.78 is 13.1. The average Bonchev–Trinajstić information content (AvgIpc) is 2.38. The molecule has 0 saturated heterocycles. The summed E-state index contributed by atoms with van der Waals surface area (Å²) in [6.07, 6.45) is 0.746. The molecule has 0 fully saturated rings. The van der Waals surface area contributed by atoms with Crippen LogP contribution < -0.4 is 16.0 Å². The molecule has 0 heterocycles. The smallest absolute Gasteiger partial charge is 0.337 e. The standard InChI is InChI=1S/C13H18FN3O3/c1-2-15-6-3-7-16-13(20)17-11-8-9(14)4-5-10(11)12(18)19/h4-5,8,15H,2-3,6-7H2,1H3,(H,18,19)(H2,16,17,20). The van der Waals surface area contributed by atoms with Gasteiger partial charge in [-0.25, -0.2) is 14.0 Å². The summed E-state index contributed by atoms with van der Waals surface area (Å²) in [5, 5.41) is 16.9. The second kappa shape index (κ2) is 8.11. The second-order valence-corrected chi connectivity index (χ2v) is 4.08. The minimum Gasteiger partial charge on any atom is -0.478 e. The van der Waals surface area contributed by atoms with Gasteiger partial charge in [-0.2, -0.15) is 0 Å². The highest BCUT2D eigenvalue weighted by atomic mass is 19.1. The van der Waals surface area contributed by atoms with Gasteiger partial charge in [0.2, 0.25) is 0 Å². The van der Waals surface area contributed by atoms with Crippen LogP contribution in [0.2, 0.25) is 0 Å². The molecule has 6 nitrogen and oxygen atoms in total. The van der Waals surface area contributed by atoms with E-state index in [0.717, 1.165) is 37.7 Å². The lowest BCUT2D eigenvalue weighted by Gasteiger charge is -2.10. The van der Waals surface area contributed by atoms with Crippen LogP contribution >= 0.6 is 0 Å². The van der Waals surface area contributed by atoms with Crippen LogP contribution in [-0.4, -0.2) is 36.7 Å². The Morgan fingerprint density at radius 2 is 2.05 bits per heavy atom. The van der Waals surface area contributed by atoms with Crippen molar-refractivity contribution in [2.45, 2.75) is 13.3 Å². The maximum Gasteiger partial charge on any atom is 0.337 e. The van der Waals surface area contributed by atoms with Crippen molar-refractivity contribution < 1.29 is 19.1 Å². The molecule has 4 N–H and O–H groups in total. The topological polar surface area (TPSA) is 90.5 Å². The molecule has 7 heteroatoms. The first-order valence-electron chi connectivity index (χ1n) is 6.33. The van der Waals surface area contributed by atoms with Crippen molar-refractivity contribution >= 4 is 17.7 Å². The maximum absolute atomic E-state index is 13.1. The van der Waals surface area contributed by atoms with Crippen molar-refractivity contribution in [1.82, 2.24) is 10.6 Å². The Balaban J connectivity index is 2.53. The summed E-state index contributed by atoms with van der Waals surface area (Å²) in [6, 6.07) is 2.55. The van der Waals surface area contributed by atoms with Gasteiger partial charge in [0.05, 0.1) is 11.3 Å². The third-order valence-corrected chi connectivity index (χ3v) is 2.53. The summed E-state index contributed by atoms with van der Waals surface area (Å²) in [4.78, 5) is 22.5. The minimum atomic E-state index is -1.23. The van der Waals surface area contributed by atoms with Crippen molar-refractivity contribution in [2.24, 2.45) is 0 Å². The molecular formula is C13H18FN3O3. The first-order valence-corrected chi connectivity index (χ1v) is 6.33. The fraction of sp³-hybridized carbons (Fsp3) is 0.385.